The normalized spacial score (nSPS) is 11.1. The van der Waals surface area contributed by atoms with E-state index in [0.29, 0.717) is 27.8 Å². The molecule has 0 saturated heterocycles. The number of hydrogen-bond donors (Lipinski definition) is 3. The van der Waals surface area contributed by atoms with E-state index in [1.165, 1.54) is 28.8 Å². The van der Waals surface area contributed by atoms with Crippen molar-refractivity contribution in [3.05, 3.63) is 81.8 Å². The first-order chi connectivity index (χ1) is 15.0. The number of benzene rings is 2. The summed E-state index contributed by atoms with van der Waals surface area (Å²) in [6.07, 6.45) is 2.74. The molecule has 2 aromatic carbocycles. The molecule has 8 heteroatoms. The third-order valence-electron chi connectivity index (χ3n) is 4.95. The molecular formula is C23H20N2O4S2. The molecule has 158 valence electrons. The maximum atomic E-state index is 11.9. The van der Waals surface area contributed by atoms with Gasteiger partial charge in [-0.2, -0.15) is 0 Å². The number of aromatic amines is 1. The second kappa shape index (κ2) is 9.36. The molecule has 0 saturated carbocycles. The summed E-state index contributed by atoms with van der Waals surface area (Å²) in [6.45, 7) is 0.712. The largest absolute Gasteiger partial charge is 0.481 e. The van der Waals surface area contributed by atoms with Crippen LogP contribution in [0.1, 0.15) is 16.7 Å². The Morgan fingerprint density at radius 1 is 1.13 bits per heavy atom. The Morgan fingerprint density at radius 3 is 2.81 bits per heavy atom. The summed E-state index contributed by atoms with van der Waals surface area (Å²) in [4.78, 5) is 26.1. The summed E-state index contributed by atoms with van der Waals surface area (Å²) >= 11 is 6.89. The van der Waals surface area contributed by atoms with Crippen molar-refractivity contribution >= 4 is 56.1 Å². The molecule has 3 N–H and O–H groups in total. The van der Waals surface area contributed by atoms with Gasteiger partial charge in [-0.15, -0.1) is 0 Å². The molecule has 6 nitrogen and oxygen atoms in total. The Bertz CT molecular complexity index is 1330. The molecule has 0 spiro atoms. The van der Waals surface area contributed by atoms with Crippen LogP contribution >= 0.6 is 24.0 Å². The Kier molecular flexibility index (Phi) is 6.39. The van der Waals surface area contributed by atoms with E-state index < -0.39 is 11.6 Å². The molecular weight excluding hydrogens is 432 g/mol. The van der Waals surface area contributed by atoms with Crippen LogP contribution in [0.5, 0.6) is 0 Å². The highest BCUT2D eigenvalue weighted by Gasteiger charge is 2.10. The van der Waals surface area contributed by atoms with Crippen molar-refractivity contribution < 1.29 is 14.3 Å². The number of H-pyrrole nitrogens is 1. The van der Waals surface area contributed by atoms with E-state index in [-0.39, 0.29) is 6.42 Å². The molecule has 0 amide bonds. The fourth-order valence-corrected chi connectivity index (χ4v) is 4.52. The zero-order chi connectivity index (χ0) is 21.8. The lowest BCUT2D eigenvalue weighted by atomic mass is 10.1. The fourth-order valence-electron chi connectivity index (χ4n) is 3.51. The van der Waals surface area contributed by atoms with E-state index in [2.05, 4.69) is 22.4 Å². The molecule has 0 fully saturated rings. The Morgan fingerprint density at radius 2 is 1.97 bits per heavy atom. The van der Waals surface area contributed by atoms with Gasteiger partial charge in [0.15, 0.2) is 0 Å². The van der Waals surface area contributed by atoms with E-state index in [4.69, 9.17) is 21.7 Å². The maximum absolute atomic E-state index is 11.9. The third kappa shape index (κ3) is 5.15. The Hall–Kier alpha value is -3.10. The average molecular weight is 453 g/mol. The molecule has 4 rings (SSSR count). The predicted octanol–water partition coefficient (Wildman–Crippen LogP) is 4.25. The number of carbonyl (C=O) groups is 1. The molecule has 31 heavy (non-hydrogen) atoms. The van der Waals surface area contributed by atoms with Gasteiger partial charge in [0.1, 0.15) is 9.90 Å². The van der Waals surface area contributed by atoms with Gasteiger partial charge in [0.25, 0.3) is 0 Å². The molecule has 0 aliphatic rings. The highest BCUT2D eigenvalue weighted by molar-refractivity contribution is 8.22. The third-order valence-corrected chi connectivity index (χ3v) is 6.31. The van der Waals surface area contributed by atoms with Gasteiger partial charge < -0.3 is 19.8 Å². The van der Waals surface area contributed by atoms with E-state index in [1.54, 1.807) is 18.2 Å². The van der Waals surface area contributed by atoms with Crippen molar-refractivity contribution in [2.45, 2.75) is 18.6 Å². The van der Waals surface area contributed by atoms with Gasteiger partial charge >= 0.3 is 11.6 Å². The van der Waals surface area contributed by atoms with Gasteiger partial charge in [-0.3, -0.25) is 4.79 Å². The Labute approximate surface area is 187 Å². The number of thioether (sulfide) groups is 1. The second-order valence-corrected chi connectivity index (χ2v) is 8.76. The van der Waals surface area contributed by atoms with Crippen LogP contribution in [-0.4, -0.2) is 26.9 Å². The minimum atomic E-state index is -0.933. The SMILES string of the molecule is O=C(O)Cc1ccc2c(CSC(=S)NCCc3c[nH]c4ccccc34)cc(=O)oc2c1. The number of hydrogen-bond acceptors (Lipinski definition) is 5. The molecule has 0 unspecified atom stereocenters. The maximum Gasteiger partial charge on any atom is 0.336 e. The van der Waals surface area contributed by atoms with Crippen molar-refractivity contribution in [2.24, 2.45) is 0 Å². The van der Waals surface area contributed by atoms with Crippen molar-refractivity contribution in [3.8, 4) is 0 Å². The number of nitrogens with one attached hydrogen (secondary N) is 2. The van der Waals surface area contributed by atoms with Crippen LogP contribution in [0.4, 0.5) is 0 Å². The smallest absolute Gasteiger partial charge is 0.336 e. The number of aliphatic carboxylic acids is 1. The van der Waals surface area contributed by atoms with Crippen LogP contribution in [0, 0.1) is 0 Å². The summed E-state index contributed by atoms with van der Waals surface area (Å²) in [5.74, 6) is -0.420. The summed E-state index contributed by atoms with van der Waals surface area (Å²) in [5, 5.41) is 14.2. The number of thiocarbonyl (C=S) groups is 1. The van der Waals surface area contributed by atoms with E-state index in [0.717, 1.165) is 22.9 Å². The van der Waals surface area contributed by atoms with Crippen molar-refractivity contribution in [2.75, 3.05) is 6.54 Å². The number of carboxylic acids is 1. The van der Waals surface area contributed by atoms with E-state index in [1.807, 2.05) is 18.3 Å². The number of aromatic nitrogens is 1. The first-order valence-corrected chi connectivity index (χ1v) is 11.1. The van der Waals surface area contributed by atoms with Gasteiger partial charge in [-0.05, 0) is 35.2 Å². The molecule has 2 aromatic heterocycles. The highest BCUT2D eigenvalue weighted by Crippen LogP contribution is 2.23. The van der Waals surface area contributed by atoms with Gasteiger partial charge in [0.05, 0.1) is 6.42 Å². The fraction of sp³-hybridized carbons (Fsp3) is 0.174. The molecule has 2 heterocycles. The molecule has 0 atom stereocenters. The summed E-state index contributed by atoms with van der Waals surface area (Å²) in [6, 6.07) is 14.8. The van der Waals surface area contributed by atoms with E-state index in [9.17, 15) is 9.59 Å². The molecule has 0 aliphatic heterocycles. The quantitative estimate of drug-likeness (QED) is 0.285. The van der Waals surface area contributed by atoms with Crippen LogP contribution in [-0.2, 0) is 23.4 Å². The van der Waals surface area contributed by atoms with Crippen LogP contribution < -0.4 is 10.9 Å². The Balaban J connectivity index is 1.37. The predicted molar refractivity (Wildman–Crippen MR) is 128 cm³/mol. The lowest BCUT2D eigenvalue weighted by Crippen LogP contribution is -2.21. The summed E-state index contributed by atoms with van der Waals surface area (Å²) in [5.41, 5.74) is 3.67. The topological polar surface area (TPSA) is 95.3 Å². The first-order valence-electron chi connectivity index (χ1n) is 9.72. The minimum Gasteiger partial charge on any atom is -0.481 e. The van der Waals surface area contributed by atoms with Crippen LogP contribution in [0.25, 0.3) is 21.9 Å². The lowest BCUT2D eigenvalue weighted by molar-refractivity contribution is -0.136. The number of fused-ring (bicyclic) bond motifs is 2. The summed E-state index contributed by atoms with van der Waals surface area (Å²) in [7, 11) is 0. The minimum absolute atomic E-state index is 0.122. The number of para-hydroxylation sites is 1. The van der Waals surface area contributed by atoms with Crippen molar-refractivity contribution in [3.63, 3.8) is 0 Å². The lowest BCUT2D eigenvalue weighted by Gasteiger charge is -2.09. The second-order valence-electron chi connectivity index (χ2n) is 7.10. The molecule has 0 radical (unpaired) electrons. The molecule has 4 aromatic rings. The van der Waals surface area contributed by atoms with Gasteiger partial charge in [0.2, 0.25) is 0 Å². The zero-order valence-electron chi connectivity index (χ0n) is 16.5. The van der Waals surface area contributed by atoms with Crippen LogP contribution in [0.15, 0.2) is 63.9 Å². The highest BCUT2D eigenvalue weighted by atomic mass is 32.2. The van der Waals surface area contributed by atoms with Gasteiger partial charge in [0, 0.05) is 40.8 Å². The van der Waals surface area contributed by atoms with Crippen LogP contribution in [0.3, 0.4) is 0 Å². The standard InChI is InChI=1S/C23H20N2O4S2/c26-21(27)10-14-5-6-18-16(11-22(28)29-20(18)9-14)13-31-23(30)24-8-7-15-12-25-19-4-2-1-3-17(15)19/h1-6,9,11-12,25H,7-8,10,13H2,(H,24,30)(H,26,27). The van der Waals surface area contributed by atoms with Crippen molar-refractivity contribution in [1.29, 1.82) is 0 Å². The number of rotatable bonds is 7. The van der Waals surface area contributed by atoms with Crippen LogP contribution in [0.2, 0.25) is 0 Å². The zero-order valence-corrected chi connectivity index (χ0v) is 18.1. The molecule has 0 bridgehead atoms. The van der Waals surface area contributed by atoms with E-state index >= 15 is 0 Å². The average Bonchev–Trinajstić information content (AvgIpc) is 3.14. The summed E-state index contributed by atoms with van der Waals surface area (Å²) < 4.78 is 5.92. The molecule has 0 aliphatic carbocycles. The van der Waals surface area contributed by atoms with Gasteiger partial charge in [-0.25, -0.2) is 4.79 Å². The van der Waals surface area contributed by atoms with Gasteiger partial charge in [-0.1, -0.05) is 54.3 Å². The first kappa shape index (κ1) is 21.1. The monoisotopic (exact) mass is 452 g/mol. The van der Waals surface area contributed by atoms with Crippen molar-refractivity contribution in [1.82, 2.24) is 10.3 Å². The number of carboxylic acid groups (broad SMARTS) is 1.